The zero-order valence-corrected chi connectivity index (χ0v) is 26.1. The molecule has 228 valence electrons. The third-order valence-corrected chi connectivity index (χ3v) is 11.5. The highest BCUT2D eigenvalue weighted by molar-refractivity contribution is 7.16. The van der Waals surface area contributed by atoms with Crippen LogP contribution in [0.1, 0.15) is 80.2 Å². The maximum atomic E-state index is 9.91. The Labute approximate surface area is 257 Å². The number of hydrogen-bond donors (Lipinski definition) is 2. The molecule has 0 aromatic carbocycles. The molecule has 0 amide bonds. The Balaban J connectivity index is 1.20. The molecule has 6 heterocycles. The SMILES string of the molecule is CN1CCC2(CC1)CCN(c1cc(OC3CCNCC3)cc(-c3noc(C4(C)CCCc5sc(N)c(C#N)c54)n3)n1)CC2. The molecule has 3 aromatic heterocycles. The van der Waals surface area contributed by atoms with E-state index in [1.807, 2.05) is 6.07 Å². The average Bonchev–Trinajstić information content (AvgIpc) is 3.65. The van der Waals surface area contributed by atoms with Crippen LogP contribution < -0.4 is 20.7 Å². The average molecular weight is 603 g/mol. The molecule has 0 bridgehead atoms. The minimum Gasteiger partial charge on any atom is -0.490 e. The van der Waals surface area contributed by atoms with Gasteiger partial charge in [-0.05, 0) is 103 Å². The normalized spacial score (nSPS) is 24.5. The van der Waals surface area contributed by atoms with Crippen molar-refractivity contribution in [2.24, 2.45) is 5.41 Å². The second kappa shape index (κ2) is 11.4. The second-order valence-electron chi connectivity index (χ2n) is 13.3. The number of thiophene rings is 1. The van der Waals surface area contributed by atoms with Gasteiger partial charge in [-0.3, -0.25) is 0 Å². The number of aromatic nitrogens is 3. The van der Waals surface area contributed by atoms with Gasteiger partial charge in [0.1, 0.15) is 34.4 Å². The van der Waals surface area contributed by atoms with E-state index in [1.54, 1.807) is 0 Å². The number of hydrogen-bond acceptors (Lipinski definition) is 11. The molecule has 11 heteroatoms. The predicted octanol–water partition coefficient (Wildman–Crippen LogP) is 4.73. The van der Waals surface area contributed by atoms with Gasteiger partial charge in [0.05, 0.1) is 11.0 Å². The maximum Gasteiger partial charge on any atom is 0.237 e. The van der Waals surface area contributed by atoms with E-state index in [1.165, 1.54) is 50.1 Å². The van der Waals surface area contributed by atoms with Crippen LogP contribution in [0.25, 0.3) is 11.5 Å². The number of ether oxygens (including phenoxy) is 1. The third-order valence-electron chi connectivity index (χ3n) is 10.4. The minimum absolute atomic E-state index is 0.169. The van der Waals surface area contributed by atoms with Crippen molar-refractivity contribution < 1.29 is 9.26 Å². The minimum atomic E-state index is -0.570. The summed E-state index contributed by atoms with van der Waals surface area (Å²) in [5.74, 6) is 2.68. The van der Waals surface area contributed by atoms with Crippen LogP contribution in [0, 0.1) is 16.7 Å². The number of nitriles is 1. The summed E-state index contributed by atoms with van der Waals surface area (Å²) in [6.45, 7) is 8.38. The van der Waals surface area contributed by atoms with Crippen LogP contribution in [-0.4, -0.2) is 72.4 Å². The molecule has 1 unspecified atom stereocenters. The van der Waals surface area contributed by atoms with Crippen molar-refractivity contribution in [2.75, 3.05) is 56.9 Å². The summed E-state index contributed by atoms with van der Waals surface area (Å²) in [4.78, 5) is 16.0. The van der Waals surface area contributed by atoms with Crippen LogP contribution in [0.4, 0.5) is 10.8 Å². The molecule has 3 fully saturated rings. The van der Waals surface area contributed by atoms with Crippen molar-refractivity contribution in [1.29, 1.82) is 5.26 Å². The lowest BCUT2D eigenvalue weighted by Crippen LogP contribution is -2.46. The first-order valence-electron chi connectivity index (χ1n) is 15.9. The van der Waals surface area contributed by atoms with Gasteiger partial charge < -0.3 is 30.1 Å². The fourth-order valence-corrected chi connectivity index (χ4v) is 8.80. The van der Waals surface area contributed by atoms with Gasteiger partial charge in [0.25, 0.3) is 0 Å². The number of pyridine rings is 1. The fraction of sp³-hybridized carbons (Fsp3) is 0.625. The topological polar surface area (TPSA) is 129 Å². The lowest BCUT2D eigenvalue weighted by atomic mass is 9.71. The van der Waals surface area contributed by atoms with E-state index in [4.69, 9.17) is 25.0 Å². The number of nitrogens with zero attached hydrogens (tertiary/aromatic N) is 6. The van der Waals surface area contributed by atoms with E-state index in [0.29, 0.717) is 33.4 Å². The van der Waals surface area contributed by atoms with Gasteiger partial charge >= 0.3 is 0 Å². The molecule has 4 aliphatic rings. The first kappa shape index (κ1) is 28.6. The fourth-order valence-electron chi connectivity index (χ4n) is 7.61. The summed E-state index contributed by atoms with van der Waals surface area (Å²) in [7, 11) is 2.23. The van der Waals surface area contributed by atoms with Gasteiger partial charge in [-0.25, -0.2) is 4.98 Å². The molecule has 3 saturated heterocycles. The lowest BCUT2D eigenvalue weighted by molar-refractivity contribution is 0.0943. The van der Waals surface area contributed by atoms with Crippen LogP contribution in [0.3, 0.4) is 0 Å². The maximum absolute atomic E-state index is 9.91. The van der Waals surface area contributed by atoms with Gasteiger partial charge in [-0.1, -0.05) is 5.16 Å². The molecule has 10 nitrogen and oxygen atoms in total. The number of nitrogens with one attached hydrogen (secondary N) is 1. The highest BCUT2D eigenvalue weighted by Crippen LogP contribution is 2.49. The van der Waals surface area contributed by atoms with Crippen molar-refractivity contribution in [1.82, 2.24) is 25.3 Å². The lowest BCUT2D eigenvalue weighted by Gasteiger charge is -2.46. The third kappa shape index (κ3) is 5.38. The first-order chi connectivity index (χ1) is 20.9. The Morgan fingerprint density at radius 1 is 1.09 bits per heavy atom. The number of anilines is 2. The Hall–Kier alpha value is -3.20. The molecule has 43 heavy (non-hydrogen) atoms. The zero-order valence-electron chi connectivity index (χ0n) is 25.3. The van der Waals surface area contributed by atoms with Gasteiger partial charge in [0.2, 0.25) is 11.7 Å². The molecule has 7 rings (SSSR count). The van der Waals surface area contributed by atoms with Crippen LogP contribution in [0.15, 0.2) is 16.7 Å². The second-order valence-corrected chi connectivity index (χ2v) is 14.4. The quantitative estimate of drug-likeness (QED) is 0.423. The largest absolute Gasteiger partial charge is 0.490 e. The molecule has 3 aliphatic heterocycles. The molecule has 3 aromatic rings. The van der Waals surface area contributed by atoms with Crippen LogP contribution in [-0.2, 0) is 11.8 Å². The van der Waals surface area contributed by atoms with Gasteiger partial charge in [0.15, 0.2) is 0 Å². The standard InChI is InChI=1S/C32H42N8O2S/c1-31(7-3-4-25-27(31)23(20-33)28(34)43-25)30-37-29(38-42-30)24-18-22(41-21-5-12-35-13-6-21)19-26(36-24)40-16-10-32(11-17-40)8-14-39(2)15-9-32/h18-19,21,35H,3-17,34H2,1-2H3. The summed E-state index contributed by atoms with van der Waals surface area (Å²) < 4.78 is 12.5. The number of aryl methyl sites for hydroxylation is 1. The molecule has 3 N–H and O–H groups in total. The van der Waals surface area contributed by atoms with E-state index in [9.17, 15) is 5.26 Å². The summed E-state index contributed by atoms with van der Waals surface area (Å²) >= 11 is 1.51. The van der Waals surface area contributed by atoms with E-state index in [-0.39, 0.29) is 6.10 Å². The molecular formula is C32H42N8O2S. The van der Waals surface area contributed by atoms with E-state index >= 15 is 0 Å². The molecule has 1 atom stereocenters. The van der Waals surface area contributed by atoms with Crippen LogP contribution in [0.2, 0.25) is 0 Å². The van der Waals surface area contributed by atoms with E-state index in [2.05, 4.69) is 46.4 Å². The van der Waals surface area contributed by atoms with Gasteiger partial charge in [-0.15, -0.1) is 11.3 Å². The van der Waals surface area contributed by atoms with Gasteiger partial charge in [-0.2, -0.15) is 10.2 Å². The molecule has 0 radical (unpaired) electrons. The highest BCUT2D eigenvalue weighted by Gasteiger charge is 2.43. The Morgan fingerprint density at radius 3 is 2.58 bits per heavy atom. The summed E-state index contributed by atoms with van der Waals surface area (Å²) in [6.07, 6.45) is 9.77. The molecular weight excluding hydrogens is 560 g/mol. The van der Waals surface area contributed by atoms with Crippen molar-refractivity contribution in [3.8, 4) is 23.3 Å². The number of rotatable bonds is 5. The number of fused-ring (bicyclic) bond motifs is 1. The number of piperidine rings is 3. The molecule has 1 spiro atoms. The number of nitrogen functional groups attached to an aromatic ring is 1. The summed E-state index contributed by atoms with van der Waals surface area (Å²) in [5, 5.41) is 18.3. The van der Waals surface area contributed by atoms with Crippen LogP contribution >= 0.6 is 11.3 Å². The Kier molecular flexibility index (Phi) is 7.56. The summed E-state index contributed by atoms with van der Waals surface area (Å²) in [5.41, 5.74) is 8.29. The Bertz CT molecular complexity index is 1500. The van der Waals surface area contributed by atoms with Crippen molar-refractivity contribution in [3.63, 3.8) is 0 Å². The predicted molar refractivity (Wildman–Crippen MR) is 167 cm³/mol. The number of nitrogens with two attached hydrogens (primary N) is 1. The smallest absolute Gasteiger partial charge is 0.237 e. The van der Waals surface area contributed by atoms with Gasteiger partial charge in [0, 0.05) is 35.7 Å². The monoisotopic (exact) mass is 602 g/mol. The van der Waals surface area contributed by atoms with Crippen molar-refractivity contribution in [2.45, 2.75) is 76.2 Å². The van der Waals surface area contributed by atoms with E-state index in [0.717, 1.165) is 80.3 Å². The number of likely N-dealkylation sites (tertiary alicyclic amines) is 1. The first-order valence-corrected chi connectivity index (χ1v) is 16.7. The summed E-state index contributed by atoms with van der Waals surface area (Å²) in [6, 6.07) is 6.39. The van der Waals surface area contributed by atoms with Crippen LogP contribution in [0.5, 0.6) is 5.75 Å². The zero-order chi connectivity index (χ0) is 29.6. The Morgan fingerprint density at radius 2 is 1.84 bits per heavy atom. The molecule has 1 aliphatic carbocycles. The van der Waals surface area contributed by atoms with Crippen molar-refractivity contribution >= 4 is 22.2 Å². The molecule has 0 saturated carbocycles. The highest BCUT2D eigenvalue weighted by atomic mass is 32.1. The van der Waals surface area contributed by atoms with Crippen molar-refractivity contribution in [3.05, 3.63) is 34.0 Å². The van der Waals surface area contributed by atoms with E-state index < -0.39 is 5.41 Å².